The van der Waals surface area contributed by atoms with Crippen molar-refractivity contribution in [1.29, 1.82) is 0 Å². The fraction of sp³-hybridized carbons (Fsp3) is 0.533. The molecule has 2 aromatic carbocycles. The standard InChI is InChI=1S/C45H66N8O10/c1-25(2)34(48-29(7)54)40(59)46-27(5)36(55)49-32(23-30-19-15-13-16-20-30)38(57)52-44(8,9)42(61)51-35(26(3)4)41(60)47-28(6)37(56)50-33(24-31-21-17-14-18-22-31)39(58)53-45(10,11)43(62)63-12/h13-22,25-28,32-35H,23-24H2,1-12H3,(H,46,59)(H,47,60)(H,48,54)(H,49,55)(H,50,56)(H,51,61)(H,52,57)(H,53,58)/t27-,28-,32-,33-,34-,35-/m0/s1. The van der Waals surface area contributed by atoms with Gasteiger partial charge < -0.3 is 47.3 Å². The molecule has 2 aromatic rings. The van der Waals surface area contributed by atoms with Crippen LogP contribution in [0.25, 0.3) is 0 Å². The van der Waals surface area contributed by atoms with E-state index in [1.807, 2.05) is 0 Å². The maximum atomic E-state index is 13.9. The number of carbonyl (C=O) groups excluding carboxylic acids is 9. The smallest absolute Gasteiger partial charge is 0.330 e. The van der Waals surface area contributed by atoms with Gasteiger partial charge in [0.1, 0.15) is 47.3 Å². The highest BCUT2D eigenvalue weighted by molar-refractivity contribution is 5.99. The van der Waals surface area contributed by atoms with Gasteiger partial charge >= 0.3 is 5.97 Å². The Bertz CT molecular complexity index is 1940. The Balaban J connectivity index is 2.21. The van der Waals surface area contributed by atoms with Crippen LogP contribution in [0.2, 0.25) is 0 Å². The summed E-state index contributed by atoms with van der Waals surface area (Å²) in [5, 5.41) is 21.0. The predicted octanol–water partition coefficient (Wildman–Crippen LogP) is 0.715. The molecule has 0 bridgehead atoms. The van der Waals surface area contributed by atoms with Crippen molar-refractivity contribution in [2.75, 3.05) is 7.11 Å². The van der Waals surface area contributed by atoms with Crippen LogP contribution >= 0.6 is 0 Å². The summed E-state index contributed by atoms with van der Waals surface area (Å²) in [4.78, 5) is 119. The van der Waals surface area contributed by atoms with Gasteiger partial charge in [0.15, 0.2) is 0 Å². The lowest BCUT2D eigenvalue weighted by Gasteiger charge is -2.32. The van der Waals surface area contributed by atoms with Gasteiger partial charge in [0, 0.05) is 19.8 Å². The van der Waals surface area contributed by atoms with Crippen molar-refractivity contribution in [2.24, 2.45) is 11.8 Å². The molecule has 8 N–H and O–H groups in total. The van der Waals surface area contributed by atoms with Crippen LogP contribution in [0.5, 0.6) is 0 Å². The molecule has 18 heteroatoms. The number of hydrogen-bond acceptors (Lipinski definition) is 10. The second-order valence-corrected chi connectivity index (χ2v) is 17.3. The number of ether oxygens (including phenoxy) is 1. The van der Waals surface area contributed by atoms with Gasteiger partial charge in [-0.25, -0.2) is 4.79 Å². The quantitative estimate of drug-likeness (QED) is 0.0769. The normalized spacial score (nSPS) is 14.3. The molecule has 6 atom stereocenters. The van der Waals surface area contributed by atoms with Crippen molar-refractivity contribution in [3.8, 4) is 0 Å². The van der Waals surface area contributed by atoms with E-state index in [-0.39, 0.29) is 18.8 Å². The van der Waals surface area contributed by atoms with Gasteiger partial charge in [-0.15, -0.1) is 0 Å². The molecule has 2 rings (SSSR count). The van der Waals surface area contributed by atoms with Crippen molar-refractivity contribution < 1.29 is 47.9 Å². The van der Waals surface area contributed by atoms with E-state index in [0.29, 0.717) is 5.56 Å². The van der Waals surface area contributed by atoms with E-state index in [9.17, 15) is 43.2 Å². The minimum atomic E-state index is -1.65. The summed E-state index contributed by atoms with van der Waals surface area (Å²) in [6, 6.07) is 10.9. The van der Waals surface area contributed by atoms with Crippen LogP contribution in [0.4, 0.5) is 0 Å². The average Bonchev–Trinajstić information content (AvgIpc) is 3.20. The summed E-state index contributed by atoms with van der Waals surface area (Å²) >= 11 is 0. The third kappa shape index (κ3) is 16.8. The number of benzene rings is 2. The zero-order valence-electron chi connectivity index (χ0n) is 38.4. The summed E-state index contributed by atoms with van der Waals surface area (Å²) in [6.45, 7) is 16.7. The second kappa shape index (κ2) is 23.8. The Labute approximate surface area is 369 Å². The number of hydrogen-bond donors (Lipinski definition) is 8. The third-order valence-corrected chi connectivity index (χ3v) is 10.0. The first-order valence-corrected chi connectivity index (χ1v) is 20.9. The first-order chi connectivity index (χ1) is 29.3. The number of esters is 1. The van der Waals surface area contributed by atoms with Crippen LogP contribution in [-0.2, 0) is 60.7 Å². The predicted molar refractivity (Wildman–Crippen MR) is 235 cm³/mol. The van der Waals surface area contributed by atoms with Crippen LogP contribution in [0.3, 0.4) is 0 Å². The molecule has 0 aromatic heterocycles. The maximum Gasteiger partial charge on any atom is 0.330 e. The lowest BCUT2D eigenvalue weighted by molar-refractivity contribution is -0.149. The molecule has 0 aliphatic rings. The van der Waals surface area contributed by atoms with E-state index < -0.39 is 106 Å². The summed E-state index contributed by atoms with van der Waals surface area (Å²) < 4.78 is 4.79. The molecule has 8 amide bonds. The first-order valence-electron chi connectivity index (χ1n) is 20.9. The molecule has 18 nitrogen and oxygen atoms in total. The van der Waals surface area contributed by atoms with Crippen molar-refractivity contribution in [3.63, 3.8) is 0 Å². The molecule has 0 saturated heterocycles. The summed E-state index contributed by atoms with van der Waals surface area (Å²) in [5.41, 5.74) is -1.65. The molecular weight excluding hydrogens is 813 g/mol. The molecule has 0 saturated carbocycles. The van der Waals surface area contributed by atoms with Gasteiger partial charge in [-0.2, -0.15) is 0 Å². The Morgan fingerprint density at radius 2 is 0.857 bits per heavy atom. The van der Waals surface area contributed by atoms with Gasteiger partial charge in [0.2, 0.25) is 47.3 Å². The Morgan fingerprint density at radius 1 is 0.492 bits per heavy atom. The van der Waals surface area contributed by atoms with Crippen LogP contribution in [0.15, 0.2) is 60.7 Å². The van der Waals surface area contributed by atoms with Crippen molar-refractivity contribution >= 4 is 53.2 Å². The Hall–Kier alpha value is -6.33. The lowest BCUT2D eigenvalue weighted by Crippen LogP contribution is -2.64. The minimum Gasteiger partial charge on any atom is -0.467 e. The van der Waals surface area contributed by atoms with E-state index in [1.165, 1.54) is 55.6 Å². The van der Waals surface area contributed by atoms with E-state index in [1.54, 1.807) is 88.4 Å². The van der Waals surface area contributed by atoms with Crippen LogP contribution in [0.1, 0.15) is 87.3 Å². The molecule has 0 aliphatic carbocycles. The Kier molecular flexibility index (Phi) is 19.9. The highest BCUT2D eigenvalue weighted by atomic mass is 16.5. The number of rotatable bonds is 22. The van der Waals surface area contributed by atoms with Crippen LogP contribution in [0, 0.1) is 11.8 Å². The second-order valence-electron chi connectivity index (χ2n) is 17.3. The molecule has 63 heavy (non-hydrogen) atoms. The molecule has 346 valence electrons. The molecular formula is C45H66N8O10. The van der Waals surface area contributed by atoms with Crippen molar-refractivity contribution in [1.82, 2.24) is 42.5 Å². The summed E-state index contributed by atoms with van der Waals surface area (Å²) in [6.07, 6.45) is 0.0805. The van der Waals surface area contributed by atoms with E-state index in [2.05, 4.69) is 42.5 Å². The highest BCUT2D eigenvalue weighted by Gasteiger charge is 2.38. The SMILES string of the molecule is COC(=O)C(C)(C)NC(=O)[C@H](Cc1ccccc1)NC(=O)[C@H](C)NC(=O)[C@@H](NC(=O)C(C)(C)NC(=O)[C@H](Cc1ccccc1)NC(=O)[C@H](C)NC(=O)[C@@H](NC(C)=O)C(C)C)C(C)C. The van der Waals surface area contributed by atoms with Crippen molar-refractivity contribution in [3.05, 3.63) is 71.8 Å². The van der Waals surface area contributed by atoms with Gasteiger partial charge in [-0.05, 0) is 64.5 Å². The zero-order chi connectivity index (χ0) is 47.8. The van der Waals surface area contributed by atoms with Gasteiger partial charge in [-0.3, -0.25) is 38.4 Å². The van der Waals surface area contributed by atoms with Gasteiger partial charge in [0.25, 0.3) is 0 Å². The molecule has 0 radical (unpaired) electrons. The topological polar surface area (TPSA) is 259 Å². The Morgan fingerprint density at radius 3 is 1.21 bits per heavy atom. The molecule has 0 unspecified atom stereocenters. The minimum absolute atomic E-state index is 0.0190. The third-order valence-electron chi connectivity index (χ3n) is 10.0. The lowest BCUT2D eigenvalue weighted by atomic mass is 9.97. The number of carbonyl (C=O) groups is 9. The highest BCUT2D eigenvalue weighted by Crippen LogP contribution is 2.13. The summed E-state index contributed by atoms with van der Waals surface area (Å²) in [7, 11) is 1.19. The maximum absolute atomic E-state index is 13.9. The monoisotopic (exact) mass is 878 g/mol. The largest absolute Gasteiger partial charge is 0.467 e. The van der Waals surface area contributed by atoms with E-state index in [4.69, 9.17) is 4.74 Å². The van der Waals surface area contributed by atoms with E-state index >= 15 is 0 Å². The number of methoxy groups -OCH3 is 1. The number of amides is 8. The van der Waals surface area contributed by atoms with Crippen LogP contribution in [-0.4, -0.2) is 108 Å². The fourth-order valence-corrected chi connectivity index (χ4v) is 6.21. The van der Waals surface area contributed by atoms with Gasteiger partial charge in [-0.1, -0.05) is 88.4 Å². The molecule has 0 spiro atoms. The molecule has 0 aliphatic heterocycles. The molecule has 0 heterocycles. The first kappa shape index (κ1) is 52.8. The van der Waals surface area contributed by atoms with E-state index in [0.717, 1.165) is 5.56 Å². The fourth-order valence-electron chi connectivity index (χ4n) is 6.21. The summed E-state index contributed by atoms with van der Waals surface area (Å²) in [5.74, 6) is -6.76. The number of nitrogens with one attached hydrogen (secondary N) is 8. The van der Waals surface area contributed by atoms with Crippen molar-refractivity contribution in [2.45, 2.75) is 136 Å². The average molecular weight is 879 g/mol. The zero-order valence-corrected chi connectivity index (χ0v) is 38.4. The van der Waals surface area contributed by atoms with Gasteiger partial charge in [0.05, 0.1) is 7.11 Å². The van der Waals surface area contributed by atoms with Crippen LogP contribution < -0.4 is 42.5 Å². The molecule has 0 fully saturated rings.